The topological polar surface area (TPSA) is 129 Å². The minimum absolute atomic E-state index is 0.104. The van der Waals surface area contributed by atoms with Crippen LogP contribution in [0.3, 0.4) is 0 Å². The zero-order chi connectivity index (χ0) is 33.2. The van der Waals surface area contributed by atoms with E-state index in [9.17, 15) is 14.4 Å². The van der Waals surface area contributed by atoms with Crippen molar-refractivity contribution in [3.05, 3.63) is 30.0 Å². The third kappa shape index (κ3) is 7.42. The van der Waals surface area contributed by atoms with E-state index in [1.807, 2.05) is 20.8 Å². The Bertz CT molecular complexity index is 1450. The zero-order valence-corrected chi connectivity index (χ0v) is 27.1. The smallest absolute Gasteiger partial charge is 0.410 e. The van der Waals surface area contributed by atoms with Crippen molar-refractivity contribution in [2.75, 3.05) is 48.9 Å². The fourth-order valence-electron chi connectivity index (χ4n) is 6.14. The molecule has 0 unspecified atom stereocenters. The van der Waals surface area contributed by atoms with E-state index in [1.165, 1.54) is 20.4 Å². The number of benzene rings is 1. The van der Waals surface area contributed by atoms with Crippen LogP contribution in [0, 0.1) is 0 Å². The van der Waals surface area contributed by atoms with Crippen molar-refractivity contribution in [1.82, 2.24) is 20.2 Å². The van der Waals surface area contributed by atoms with Gasteiger partial charge in [0.2, 0.25) is 5.95 Å². The highest BCUT2D eigenvalue weighted by Gasteiger charge is 2.48. The molecule has 0 radical (unpaired) electrons. The van der Waals surface area contributed by atoms with Crippen LogP contribution in [0.25, 0.3) is 0 Å². The molecule has 2 N–H and O–H groups in total. The first kappa shape index (κ1) is 33.1. The number of fused-ring (bicyclic) bond motifs is 1. The lowest BCUT2D eigenvalue weighted by molar-refractivity contribution is -0.140. The van der Waals surface area contributed by atoms with Gasteiger partial charge in [-0.2, -0.15) is 13.8 Å². The van der Waals surface area contributed by atoms with Gasteiger partial charge in [0.1, 0.15) is 17.0 Å². The van der Waals surface area contributed by atoms with Gasteiger partial charge in [-0.15, -0.1) is 0 Å². The maximum Gasteiger partial charge on any atom is 0.410 e. The highest BCUT2D eigenvalue weighted by Crippen LogP contribution is 2.39. The first-order valence-corrected chi connectivity index (χ1v) is 15.8. The van der Waals surface area contributed by atoms with Crippen LogP contribution in [-0.4, -0.2) is 90.2 Å². The van der Waals surface area contributed by atoms with Gasteiger partial charge in [0.15, 0.2) is 5.82 Å². The fraction of sp³-hybridized carbons (Fsp3) is 0.594. The van der Waals surface area contributed by atoms with E-state index in [0.717, 1.165) is 37.0 Å². The number of aromatic nitrogens is 2. The number of halogens is 2. The van der Waals surface area contributed by atoms with Gasteiger partial charge in [-0.25, -0.2) is 9.78 Å². The molecule has 0 atom stereocenters. The summed E-state index contributed by atoms with van der Waals surface area (Å²) in [6.07, 6.45) is 6.58. The lowest BCUT2D eigenvalue weighted by Crippen LogP contribution is -2.49. The lowest BCUT2D eigenvalue weighted by Gasteiger charge is -2.35. The molecule has 1 aliphatic carbocycles. The first-order valence-electron chi connectivity index (χ1n) is 15.8. The number of carbonyl (C=O) groups excluding carboxylic acids is 3. The molecule has 0 bridgehead atoms. The number of alkyl halides is 2. The lowest BCUT2D eigenvalue weighted by atomic mass is 9.94. The number of piperidine rings is 1. The van der Waals surface area contributed by atoms with Gasteiger partial charge in [0, 0.05) is 37.8 Å². The number of methoxy groups -OCH3 is 1. The van der Waals surface area contributed by atoms with Crippen molar-refractivity contribution in [3.63, 3.8) is 0 Å². The Hall–Kier alpha value is -4.23. The number of ether oxygens (including phenoxy) is 2. The Morgan fingerprint density at radius 3 is 2.41 bits per heavy atom. The molecule has 1 aromatic carbocycles. The molecule has 3 aliphatic rings. The number of likely N-dealkylation sites (tertiary alicyclic amines) is 1. The number of carbonyl (C=O) groups is 3. The summed E-state index contributed by atoms with van der Waals surface area (Å²) in [5.74, 6) is -4.38. The second-order valence-electron chi connectivity index (χ2n) is 13.1. The van der Waals surface area contributed by atoms with Crippen molar-refractivity contribution < 1.29 is 32.6 Å². The minimum Gasteiger partial charge on any atom is -0.495 e. The van der Waals surface area contributed by atoms with E-state index >= 15 is 8.78 Å². The number of amides is 3. The Labute approximate surface area is 267 Å². The third-order valence-electron chi connectivity index (χ3n) is 8.58. The number of nitrogens with zero attached hydrogens (tertiary/aromatic N) is 5. The predicted molar refractivity (Wildman–Crippen MR) is 169 cm³/mol. The largest absolute Gasteiger partial charge is 0.495 e. The molecule has 2 aliphatic heterocycles. The van der Waals surface area contributed by atoms with Gasteiger partial charge in [0.05, 0.1) is 25.5 Å². The summed E-state index contributed by atoms with van der Waals surface area (Å²) < 4.78 is 41.0. The van der Waals surface area contributed by atoms with Crippen LogP contribution in [-0.2, 0) is 9.53 Å². The van der Waals surface area contributed by atoms with Crippen LogP contribution in [0.5, 0.6) is 5.75 Å². The van der Waals surface area contributed by atoms with Crippen LogP contribution in [0.2, 0.25) is 0 Å². The summed E-state index contributed by atoms with van der Waals surface area (Å²) in [7, 11) is 2.78. The van der Waals surface area contributed by atoms with Crippen molar-refractivity contribution >= 4 is 41.0 Å². The monoisotopic (exact) mass is 643 g/mol. The molecule has 46 heavy (non-hydrogen) atoms. The standard InChI is InChI=1S/C32H43F2N7O5/c1-31(2,3)46-30(44)40-15-13-21(14-16-40)36-27(42)20-11-12-23(25(17-20)45-5)37-29-35-18-24-26(38-29)41(22-9-7-6-8-10-22)19-32(33,34)28(43)39(24)4/h11-12,17-18,21-22H,6-10,13-16,19H2,1-5H3,(H,36,42)(H,35,37,38). The molecule has 2 aromatic rings. The number of rotatable bonds is 6. The molecule has 12 nitrogen and oxygen atoms in total. The van der Waals surface area contributed by atoms with Crippen LogP contribution in [0.1, 0.15) is 76.1 Å². The number of hydrogen-bond donors (Lipinski definition) is 2. The fourth-order valence-corrected chi connectivity index (χ4v) is 6.14. The Balaban J connectivity index is 1.29. The summed E-state index contributed by atoms with van der Waals surface area (Å²) in [5, 5.41) is 6.13. The second kappa shape index (κ2) is 13.2. The third-order valence-corrected chi connectivity index (χ3v) is 8.58. The molecule has 5 rings (SSSR count). The summed E-state index contributed by atoms with van der Waals surface area (Å²) in [4.78, 5) is 51.2. The van der Waals surface area contributed by atoms with Crippen molar-refractivity contribution in [1.29, 1.82) is 0 Å². The maximum absolute atomic E-state index is 15.0. The molecule has 3 amide bonds. The number of anilines is 4. The molecule has 1 aromatic heterocycles. The molecule has 2 fully saturated rings. The number of nitrogens with one attached hydrogen (secondary N) is 2. The molecule has 1 saturated heterocycles. The van der Waals surface area contributed by atoms with E-state index < -0.39 is 24.0 Å². The quantitative estimate of drug-likeness (QED) is 0.441. The van der Waals surface area contributed by atoms with E-state index in [4.69, 9.17) is 9.47 Å². The Morgan fingerprint density at radius 1 is 1.07 bits per heavy atom. The molecular weight excluding hydrogens is 600 g/mol. The van der Waals surface area contributed by atoms with Gasteiger partial charge in [-0.05, 0) is 64.7 Å². The van der Waals surface area contributed by atoms with Crippen LogP contribution in [0.4, 0.5) is 36.7 Å². The van der Waals surface area contributed by atoms with Crippen molar-refractivity contribution in [2.45, 2.75) is 89.3 Å². The second-order valence-corrected chi connectivity index (χ2v) is 13.1. The maximum atomic E-state index is 15.0. The Kier molecular flexibility index (Phi) is 9.54. The molecule has 1 saturated carbocycles. The van der Waals surface area contributed by atoms with Crippen LogP contribution >= 0.6 is 0 Å². The van der Waals surface area contributed by atoms with Gasteiger partial charge in [-0.3, -0.25) is 9.59 Å². The summed E-state index contributed by atoms with van der Waals surface area (Å²) in [5.41, 5.74) is 0.495. The van der Waals surface area contributed by atoms with E-state index in [0.29, 0.717) is 42.9 Å². The molecule has 14 heteroatoms. The first-order chi connectivity index (χ1) is 21.8. The normalized spacial score (nSPS) is 19.3. The van der Waals surface area contributed by atoms with E-state index in [1.54, 1.807) is 28.0 Å². The van der Waals surface area contributed by atoms with Crippen LogP contribution < -0.4 is 25.2 Å². The summed E-state index contributed by atoms with van der Waals surface area (Å²) in [6, 6.07) is 4.63. The van der Waals surface area contributed by atoms with Crippen molar-refractivity contribution in [2.24, 2.45) is 0 Å². The minimum atomic E-state index is -3.57. The van der Waals surface area contributed by atoms with Crippen LogP contribution in [0.15, 0.2) is 24.4 Å². The molecule has 0 spiro atoms. The SMILES string of the molecule is COc1cc(C(=O)NC2CCN(C(=O)OC(C)(C)C)CC2)ccc1Nc1ncc2c(n1)N(C1CCCCC1)CC(F)(F)C(=O)N2C. The van der Waals surface area contributed by atoms with E-state index in [2.05, 4.69) is 20.6 Å². The zero-order valence-electron chi connectivity index (χ0n) is 27.1. The summed E-state index contributed by atoms with van der Waals surface area (Å²) in [6.45, 7) is 5.68. The van der Waals surface area contributed by atoms with E-state index in [-0.39, 0.29) is 41.5 Å². The van der Waals surface area contributed by atoms with Gasteiger partial charge in [0.25, 0.3) is 11.8 Å². The predicted octanol–water partition coefficient (Wildman–Crippen LogP) is 5.11. The average molecular weight is 644 g/mol. The molecule has 250 valence electrons. The molecule has 3 heterocycles. The highest BCUT2D eigenvalue weighted by atomic mass is 19.3. The van der Waals surface area contributed by atoms with Gasteiger partial charge < -0.3 is 34.8 Å². The van der Waals surface area contributed by atoms with Crippen molar-refractivity contribution in [3.8, 4) is 5.75 Å². The molecular formula is C32H43F2N7O5. The van der Waals surface area contributed by atoms with Gasteiger partial charge in [-0.1, -0.05) is 19.3 Å². The summed E-state index contributed by atoms with van der Waals surface area (Å²) >= 11 is 0. The number of hydrogen-bond acceptors (Lipinski definition) is 9. The average Bonchev–Trinajstić information content (AvgIpc) is 3.09. The Morgan fingerprint density at radius 2 is 1.76 bits per heavy atom. The van der Waals surface area contributed by atoms with Gasteiger partial charge >= 0.3 is 12.0 Å². The highest BCUT2D eigenvalue weighted by molar-refractivity contribution is 6.02.